The van der Waals surface area contributed by atoms with Crippen molar-refractivity contribution in [2.45, 2.75) is 27.3 Å². The Balaban J connectivity index is 1.65. The summed E-state index contributed by atoms with van der Waals surface area (Å²) in [5.41, 5.74) is 0.162. The fraction of sp³-hybridized carbons (Fsp3) is 0.250. The Morgan fingerprint density at radius 2 is 1.97 bits per heavy atom. The van der Waals surface area contributed by atoms with Gasteiger partial charge in [-0.15, -0.1) is 22.7 Å². The molecule has 0 saturated carbocycles. The molecule has 0 amide bonds. The smallest absolute Gasteiger partial charge is 0.269 e. The van der Waals surface area contributed by atoms with E-state index in [-0.39, 0.29) is 30.2 Å². The van der Waals surface area contributed by atoms with Crippen LogP contribution in [0.3, 0.4) is 0 Å². The molecule has 0 aliphatic carbocycles. The zero-order valence-corrected chi connectivity index (χ0v) is 20.4. The van der Waals surface area contributed by atoms with E-state index < -0.39 is 5.41 Å². The minimum atomic E-state index is -0.598. The van der Waals surface area contributed by atoms with Crippen LogP contribution in [0, 0.1) is 5.41 Å². The van der Waals surface area contributed by atoms with Crippen LogP contribution in [0.1, 0.15) is 32.0 Å². The third kappa shape index (κ3) is 4.22. The second-order valence-corrected chi connectivity index (χ2v) is 10.8. The van der Waals surface area contributed by atoms with Crippen molar-refractivity contribution < 1.29 is 14.3 Å². The Kier molecular flexibility index (Phi) is 5.49. The first-order valence-corrected chi connectivity index (χ1v) is 12.2. The standard InChI is InChI=1S/C24H21N3O5S2/c1-24(2,3)19(28)11-21-27(12-15-10-20(29)26-6-7-33-23(26)25-15)22(30)18(34-21)9-14-4-5-16-17(8-14)32-13-31-16/h4-11H,12-13H2,1-3H3/b18-9-,21-11?. The number of benzene rings is 1. The SMILES string of the molecule is CC(C)(C)C(=O)C=c1s/c(=C\c2ccc3c(c2)OCO3)c(=O)n1Cc1cc(=O)n2ccsc2n1. The fourth-order valence-electron chi connectivity index (χ4n) is 3.41. The number of ether oxygens (including phenoxy) is 2. The molecule has 1 aliphatic rings. The molecule has 8 nitrogen and oxygen atoms in total. The third-order valence-corrected chi connectivity index (χ3v) is 7.12. The molecule has 10 heteroatoms. The molecule has 3 aromatic heterocycles. The summed E-state index contributed by atoms with van der Waals surface area (Å²) in [6.07, 6.45) is 4.92. The lowest BCUT2D eigenvalue weighted by Crippen LogP contribution is -2.33. The number of hydrogen-bond donors (Lipinski definition) is 0. The van der Waals surface area contributed by atoms with Crippen molar-refractivity contribution in [1.29, 1.82) is 0 Å². The van der Waals surface area contributed by atoms with Crippen LogP contribution in [0.15, 0.2) is 45.4 Å². The zero-order chi connectivity index (χ0) is 24.0. The summed E-state index contributed by atoms with van der Waals surface area (Å²) in [5.74, 6) is 1.18. The van der Waals surface area contributed by atoms with Crippen molar-refractivity contribution in [2.75, 3.05) is 6.79 Å². The van der Waals surface area contributed by atoms with Gasteiger partial charge < -0.3 is 9.47 Å². The molecule has 5 rings (SSSR count). The highest BCUT2D eigenvalue weighted by Crippen LogP contribution is 2.32. The van der Waals surface area contributed by atoms with E-state index in [0.717, 1.165) is 5.56 Å². The van der Waals surface area contributed by atoms with Gasteiger partial charge in [-0.25, -0.2) is 4.98 Å². The van der Waals surface area contributed by atoms with Crippen molar-refractivity contribution in [3.05, 3.63) is 77.0 Å². The number of hydrogen-bond acceptors (Lipinski definition) is 8. The van der Waals surface area contributed by atoms with Crippen molar-refractivity contribution in [3.63, 3.8) is 0 Å². The molecule has 34 heavy (non-hydrogen) atoms. The lowest BCUT2D eigenvalue weighted by atomic mass is 9.91. The maximum atomic E-state index is 13.4. The summed E-state index contributed by atoms with van der Waals surface area (Å²) in [6.45, 7) is 5.73. The first-order valence-electron chi connectivity index (χ1n) is 10.5. The summed E-state index contributed by atoms with van der Waals surface area (Å²) >= 11 is 2.57. The molecule has 0 bridgehead atoms. The van der Waals surface area contributed by atoms with Crippen LogP contribution in [0.4, 0.5) is 0 Å². The molecule has 0 saturated heterocycles. The highest BCUT2D eigenvalue weighted by molar-refractivity contribution is 7.15. The second kappa shape index (κ2) is 8.37. The molecule has 0 spiro atoms. The van der Waals surface area contributed by atoms with Crippen molar-refractivity contribution >= 4 is 45.6 Å². The molecule has 0 unspecified atom stereocenters. The average Bonchev–Trinajstić information content (AvgIpc) is 3.49. The maximum Gasteiger partial charge on any atom is 0.269 e. The molecule has 0 atom stereocenters. The largest absolute Gasteiger partial charge is 0.454 e. The summed E-state index contributed by atoms with van der Waals surface area (Å²) in [5, 5.41) is 1.78. The van der Waals surface area contributed by atoms with Gasteiger partial charge in [0.05, 0.1) is 16.8 Å². The number of thiazole rings is 2. The van der Waals surface area contributed by atoms with Gasteiger partial charge in [-0.1, -0.05) is 26.8 Å². The van der Waals surface area contributed by atoms with Crippen LogP contribution in [0.2, 0.25) is 0 Å². The summed E-state index contributed by atoms with van der Waals surface area (Å²) < 4.78 is 14.7. The van der Waals surface area contributed by atoms with Crippen LogP contribution in [0.25, 0.3) is 17.1 Å². The second-order valence-electron chi connectivity index (χ2n) is 8.85. The Labute approximate surface area is 201 Å². The van der Waals surface area contributed by atoms with Crippen molar-refractivity contribution in [2.24, 2.45) is 5.41 Å². The number of fused-ring (bicyclic) bond motifs is 2. The molecule has 0 fully saturated rings. The third-order valence-electron chi connectivity index (χ3n) is 5.30. The number of carbonyl (C=O) groups is 1. The number of rotatable bonds is 4. The van der Waals surface area contributed by atoms with E-state index in [1.165, 1.54) is 43.8 Å². The quantitative estimate of drug-likeness (QED) is 0.430. The number of Topliss-reactive ketones (excluding diaryl/α,β-unsaturated/α-hetero) is 1. The summed E-state index contributed by atoms with van der Waals surface area (Å²) in [6, 6.07) is 6.86. The van der Waals surface area contributed by atoms with Crippen LogP contribution < -0.4 is 29.8 Å². The van der Waals surface area contributed by atoms with E-state index in [1.54, 1.807) is 23.7 Å². The van der Waals surface area contributed by atoms with Crippen LogP contribution in [-0.2, 0) is 11.3 Å². The van der Waals surface area contributed by atoms with Gasteiger partial charge in [-0.05, 0) is 23.8 Å². The number of nitrogens with zero attached hydrogens (tertiary/aromatic N) is 3. The Morgan fingerprint density at radius 1 is 1.18 bits per heavy atom. The van der Waals surface area contributed by atoms with E-state index in [0.29, 0.717) is 31.3 Å². The van der Waals surface area contributed by atoms with E-state index in [9.17, 15) is 14.4 Å². The Bertz CT molecular complexity index is 1670. The van der Waals surface area contributed by atoms with Gasteiger partial charge >= 0.3 is 0 Å². The predicted molar refractivity (Wildman–Crippen MR) is 131 cm³/mol. The van der Waals surface area contributed by atoms with Crippen LogP contribution >= 0.6 is 22.7 Å². The fourth-order valence-corrected chi connectivity index (χ4v) is 5.19. The highest BCUT2D eigenvalue weighted by Gasteiger charge is 2.20. The van der Waals surface area contributed by atoms with E-state index in [2.05, 4.69) is 4.98 Å². The molecule has 4 heterocycles. The minimum Gasteiger partial charge on any atom is -0.454 e. The molecule has 0 N–H and O–H groups in total. The van der Waals surface area contributed by atoms with Crippen LogP contribution in [-0.4, -0.2) is 26.5 Å². The average molecular weight is 496 g/mol. The lowest BCUT2D eigenvalue weighted by Gasteiger charge is -2.12. The van der Waals surface area contributed by atoms with E-state index in [1.807, 2.05) is 32.9 Å². The first-order chi connectivity index (χ1) is 16.2. The maximum absolute atomic E-state index is 13.4. The van der Waals surface area contributed by atoms with Gasteiger partial charge in [0.2, 0.25) is 6.79 Å². The first kappa shape index (κ1) is 22.3. The summed E-state index contributed by atoms with van der Waals surface area (Å²) in [4.78, 5) is 43.7. The van der Waals surface area contributed by atoms with Gasteiger partial charge in [-0.3, -0.25) is 23.4 Å². The Hall–Kier alpha value is -3.50. The zero-order valence-electron chi connectivity index (χ0n) is 18.7. The van der Waals surface area contributed by atoms with E-state index in [4.69, 9.17) is 9.47 Å². The van der Waals surface area contributed by atoms with Gasteiger partial charge in [0.15, 0.2) is 22.2 Å². The number of ketones is 1. The molecular weight excluding hydrogens is 474 g/mol. The van der Waals surface area contributed by atoms with Gasteiger partial charge in [0.25, 0.3) is 11.1 Å². The lowest BCUT2D eigenvalue weighted by molar-refractivity contribution is -0.120. The molecule has 0 radical (unpaired) electrons. The molecule has 4 aromatic rings. The molecule has 1 aromatic carbocycles. The van der Waals surface area contributed by atoms with Crippen molar-refractivity contribution in [1.82, 2.24) is 14.0 Å². The van der Waals surface area contributed by atoms with Gasteiger partial charge in [0.1, 0.15) is 4.66 Å². The predicted octanol–water partition coefficient (Wildman–Crippen LogP) is 1.98. The topological polar surface area (TPSA) is 91.9 Å². The normalized spacial score (nSPS) is 14.3. The van der Waals surface area contributed by atoms with Gasteiger partial charge in [-0.2, -0.15) is 0 Å². The van der Waals surface area contributed by atoms with E-state index >= 15 is 0 Å². The number of aromatic nitrogens is 3. The van der Waals surface area contributed by atoms with Crippen LogP contribution in [0.5, 0.6) is 11.5 Å². The summed E-state index contributed by atoms with van der Waals surface area (Å²) in [7, 11) is 0. The highest BCUT2D eigenvalue weighted by atomic mass is 32.1. The Morgan fingerprint density at radius 3 is 2.76 bits per heavy atom. The molecule has 174 valence electrons. The molecule has 1 aliphatic heterocycles. The number of carbonyl (C=O) groups excluding carboxylic acids is 1. The van der Waals surface area contributed by atoms with Crippen molar-refractivity contribution in [3.8, 4) is 11.5 Å². The minimum absolute atomic E-state index is 0.0806. The molecular formula is C24H21N3O5S2. The van der Waals surface area contributed by atoms with Gasteiger partial charge in [0, 0.05) is 29.1 Å². The monoisotopic (exact) mass is 495 g/mol.